The van der Waals surface area contributed by atoms with Crippen LogP contribution in [0.2, 0.25) is 0 Å². The molecular formula is C13H19BrO2. The van der Waals surface area contributed by atoms with E-state index < -0.39 is 0 Å². The summed E-state index contributed by atoms with van der Waals surface area (Å²) in [5.41, 5.74) is 1.19. The second-order valence-corrected chi connectivity index (χ2v) is 5.35. The van der Waals surface area contributed by atoms with Gasteiger partial charge in [-0.1, -0.05) is 36.7 Å². The highest BCUT2D eigenvalue weighted by molar-refractivity contribution is 9.10. The molecule has 1 aromatic carbocycles. The van der Waals surface area contributed by atoms with Crippen molar-refractivity contribution in [2.24, 2.45) is 5.92 Å². The number of ether oxygens (including phenoxy) is 1. The van der Waals surface area contributed by atoms with Crippen molar-refractivity contribution in [3.63, 3.8) is 0 Å². The zero-order valence-corrected chi connectivity index (χ0v) is 11.6. The minimum Gasteiger partial charge on any atom is -0.493 e. The molecule has 3 heteroatoms. The molecule has 0 saturated carbocycles. The lowest BCUT2D eigenvalue weighted by molar-refractivity contribution is 0.173. The SMILES string of the molecule is CC(CO)COc1ccc(Br)cc1C(C)C. The van der Waals surface area contributed by atoms with Crippen molar-refractivity contribution in [1.29, 1.82) is 0 Å². The molecule has 2 nitrogen and oxygen atoms in total. The van der Waals surface area contributed by atoms with E-state index in [2.05, 4.69) is 35.8 Å². The highest BCUT2D eigenvalue weighted by atomic mass is 79.9. The molecule has 0 amide bonds. The fourth-order valence-electron chi connectivity index (χ4n) is 1.39. The number of rotatable bonds is 5. The van der Waals surface area contributed by atoms with Crippen molar-refractivity contribution < 1.29 is 9.84 Å². The number of aliphatic hydroxyl groups is 1. The third-order valence-corrected chi connectivity index (χ3v) is 2.92. The first-order valence-corrected chi connectivity index (χ1v) is 6.37. The first-order chi connectivity index (χ1) is 7.54. The van der Waals surface area contributed by atoms with Crippen LogP contribution in [0.3, 0.4) is 0 Å². The van der Waals surface area contributed by atoms with Crippen molar-refractivity contribution in [2.75, 3.05) is 13.2 Å². The molecule has 0 aromatic heterocycles. The molecule has 0 heterocycles. The summed E-state index contributed by atoms with van der Waals surface area (Å²) in [6.07, 6.45) is 0. The van der Waals surface area contributed by atoms with Gasteiger partial charge >= 0.3 is 0 Å². The number of halogens is 1. The molecule has 0 spiro atoms. The Bertz CT molecular complexity index is 337. The van der Waals surface area contributed by atoms with E-state index in [1.807, 2.05) is 19.1 Å². The fraction of sp³-hybridized carbons (Fsp3) is 0.538. The lowest BCUT2D eigenvalue weighted by Crippen LogP contribution is -2.13. The third-order valence-electron chi connectivity index (χ3n) is 2.43. The maximum atomic E-state index is 8.95. The molecule has 1 atom stereocenters. The molecule has 0 fully saturated rings. The van der Waals surface area contributed by atoms with Crippen molar-refractivity contribution in [1.82, 2.24) is 0 Å². The van der Waals surface area contributed by atoms with E-state index in [-0.39, 0.29) is 12.5 Å². The molecule has 0 saturated heterocycles. The molecule has 1 aromatic rings. The van der Waals surface area contributed by atoms with Gasteiger partial charge in [-0.2, -0.15) is 0 Å². The standard InChI is InChI=1S/C13H19BrO2/c1-9(2)12-6-11(14)4-5-13(12)16-8-10(3)7-15/h4-6,9-10,15H,7-8H2,1-3H3. The van der Waals surface area contributed by atoms with Gasteiger partial charge in [0.05, 0.1) is 6.61 Å². The lowest BCUT2D eigenvalue weighted by Gasteiger charge is -2.16. The van der Waals surface area contributed by atoms with Crippen molar-refractivity contribution in [2.45, 2.75) is 26.7 Å². The number of benzene rings is 1. The van der Waals surface area contributed by atoms with Gasteiger partial charge in [0.25, 0.3) is 0 Å². The summed E-state index contributed by atoms with van der Waals surface area (Å²) in [6.45, 7) is 6.97. The van der Waals surface area contributed by atoms with Crippen LogP contribution >= 0.6 is 15.9 Å². The minimum atomic E-state index is 0.160. The predicted molar refractivity (Wildman–Crippen MR) is 70.0 cm³/mol. The average Bonchev–Trinajstić information content (AvgIpc) is 2.26. The molecule has 0 bridgehead atoms. The molecule has 0 aliphatic carbocycles. The largest absolute Gasteiger partial charge is 0.493 e. The summed E-state index contributed by atoms with van der Waals surface area (Å²) >= 11 is 3.46. The van der Waals surface area contributed by atoms with Gasteiger partial charge in [0.15, 0.2) is 0 Å². The number of aliphatic hydroxyl groups excluding tert-OH is 1. The Kier molecular flexibility index (Phi) is 5.29. The van der Waals surface area contributed by atoms with Crippen LogP contribution in [0.15, 0.2) is 22.7 Å². The first kappa shape index (κ1) is 13.5. The highest BCUT2D eigenvalue weighted by Crippen LogP contribution is 2.29. The van der Waals surface area contributed by atoms with Crippen LogP contribution in [0.4, 0.5) is 0 Å². The summed E-state index contributed by atoms with van der Waals surface area (Å²) in [7, 11) is 0. The summed E-state index contributed by atoms with van der Waals surface area (Å²) in [5.74, 6) is 1.51. The maximum Gasteiger partial charge on any atom is 0.122 e. The van der Waals surface area contributed by atoms with E-state index in [0.717, 1.165) is 10.2 Å². The summed E-state index contributed by atoms with van der Waals surface area (Å²) in [5, 5.41) is 8.95. The lowest BCUT2D eigenvalue weighted by atomic mass is 10.0. The van der Waals surface area contributed by atoms with Crippen LogP contribution in [0.1, 0.15) is 32.3 Å². The van der Waals surface area contributed by atoms with Crippen LogP contribution in [0.25, 0.3) is 0 Å². The topological polar surface area (TPSA) is 29.5 Å². The average molecular weight is 287 g/mol. The van der Waals surface area contributed by atoms with E-state index >= 15 is 0 Å². The quantitative estimate of drug-likeness (QED) is 0.897. The van der Waals surface area contributed by atoms with Crippen LogP contribution in [-0.4, -0.2) is 18.3 Å². The monoisotopic (exact) mass is 286 g/mol. The maximum absolute atomic E-state index is 8.95. The van der Waals surface area contributed by atoms with Gasteiger partial charge in [-0.25, -0.2) is 0 Å². The summed E-state index contributed by atoms with van der Waals surface area (Å²) in [4.78, 5) is 0. The zero-order chi connectivity index (χ0) is 12.1. The number of hydrogen-bond donors (Lipinski definition) is 1. The Labute approximate surface area is 106 Å². The van der Waals surface area contributed by atoms with Gasteiger partial charge in [-0.3, -0.25) is 0 Å². The Hall–Kier alpha value is -0.540. The van der Waals surface area contributed by atoms with Crippen molar-refractivity contribution in [3.05, 3.63) is 28.2 Å². The van der Waals surface area contributed by atoms with Crippen molar-refractivity contribution >= 4 is 15.9 Å². The Morgan fingerprint density at radius 2 is 2.00 bits per heavy atom. The minimum absolute atomic E-state index is 0.160. The van der Waals surface area contributed by atoms with Crippen LogP contribution in [0.5, 0.6) is 5.75 Å². The van der Waals surface area contributed by atoms with Gasteiger partial charge in [-0.05, 0) is 29.7 Å². The molecule has 1 unspecified atom stereocenters. The molecule has 0 aliphatic heterocycles. The molecule has 1 rings (SSSR count). The summed E-state index contributed by atoms with van der Waals surface area (Å²) < 4.78 is 6.79. The van der Waals surface area contributed by atoms with Crippen LogP contribution in [0, 0.1) is 5.92 Å². The van der Waals surface area contributed by atoms with Gasteiger partial charge in [0.2, 0.25) is 0 Å². The zero-order valence-electron chi connectivity index (χ0n) is 10.0. The van der Waals surface area contributed by atoms with Gasteiger partial charge < -0.3 is 9.84 Å². The second kappa shape index (κ2) is 6.26. The van der Waals surface area contributed by atoms with E-state index in [0.29, 0.717) is 12.5 Å². The van der Waals surface area contributed by atoms with E-state index in [1.165, 1.54) is 5.56 Å². The molecule has 90 valence electrons. The Morgan fingerprint density at radius 1 is 1.31 bits per heavy atom. The predicted octanol–water partition coefficient (Wildman–Crippen LogP) is 3.58. The van der Waals surface area contributed by atoms with E-state index in [4.69, 9.17) is 9.84 Å². The molecule has 16 heavy (non-hydrogen) atoms. The molecule has 0 aliphatic rings. The highest BCUT2D eigenvalue weighted by Gasteiger charge is 2.09. The van der Waals surface area contributed by atoms with Gasteiger partial charge in [0, 0.05) is 17.0 Å². The Balaban J connectivity index is 2.78. The molecular weight excluding hydrogens is 268 g/mol. The van der Waals surface area contributed by atoms with Gasteiger partial charge in [-0.15, -0.1) is 0 Å². The second-order valence-electron chi connectivity index (χ2n) is 4.44. The smallest absolute Gasteiger partial charge is 0.122 e. The van der Waals surface area contributed by atoms with Crippen LogP contribution < -0.4 is 4.74 Å². The first-order valence-electron chi connectivity index (χ1n) is 5.57. The van der Waals surface area contributed by atoms with Gasteiger partial charge in [0.1, 0.15) is 5.75 Å². The van der Waals surface area contributed by atoms with Crippen LogP contribution in [-0.2, 0) is 0 Å². The van der Waals surface area contributed by atoms with E-state index in [9.17, 15) is 0 Å². The summed E-state index contributed by atoms with van der Waals surface area (Å²) in [6, 6.07) is 6.04. The normalized spacial score (nSPS) is 12.9. The molecule has 0 radical (unpaired) electrons. The van der Waals surface area contributed by atoms with E-state index in [1.54, 1.807) is 0 Å². The Morgan fingerprint density at radius 3 is 2.56 bits per heavy atom. The fourth-order valence-corrected chi connectivity index (χ4v) is 1.77. The third kappa shape index (κ3) is 3.80. The van der Waals surface area contributed by atoms with Crippen molar-refractivity contribution in [3.8, 4) is 5.75 Å². The number of hydrogen-bond acceptors (Lipinski definition) is 2. The molecule has 1 N–H and O–H groups in total.